The number of methoxy groups -OCH3 is 1. The number of ether oxygens (including phenoxy) is 3. The first kappa shape index (κ1) is 23.1. The number of carbonyl (C=O) groups is 2. The Morgan fingerprint density at radius 2 is 1.65 bits per heavy atom. The Bertz CT molecular complexity index is 1440. The molecule has 8 heteroatoms. The van der Waals surface area contributed by atoms with Crippen molar-refractivity contribution in [1.29, 1.82) is 0 Å². The van der Waals surface area contributed by atoms with E-state index in [9.17, 15) is 14.4 Å². The molecule has 0 saturated heterocycles. The van der Waals surface area contributed by atoms with E-state index in [1.54, 1.807) is 49.4 Å². The van der Waals surface area contributed by atoms with Crippen LogP contribution in [0.4, 0.5) is 0 Å². The number of hydrogen-bond donors (Lipinski definition) is 0. The number of benzene rings is 3. The largest absolute Gasteiger partial charge is 0.497 e. The molecule has 1 heterocycles. The van der Waals surface area contributed by atoms with Crippen molar-refractivity contribution < 1.29 is 28.2 Å². The van der Waals surface area contributed by atoms with Crippen LogP contribution in [-0.4, -0.2) is 25.7 Å². The Morgan fingerprint density at radius 1 is 0.941 bits per heavy atom. The normalized spacial score (nSPS) is 10.7. The molecule has 0 aliphatic rings. The molecule has 0 atom stereocenters. The maximum atomic E-state index is 13.4. The van der Waals surface area contributed by atoms with E-state index in [-0.39, 0.29) is 45.2 Å². The summed E-state index contributed by atoms with van der Waals surface area (Å²) < 4.78 is 21.5. The molecule has 0 spiro atoms. The van der Waals surface area contributed by atoms with Crippen molar-refractivity contribution in [3.63, 3.8) is 0 Å². The summed E-state index contributed by atoms with van der Waals surface area (Å²) in [5.74, 6) is -0.998. The third kappa shape index (κ3) is 4.51. The number of carbonyl (C=O) groups excluding carboxylic acids is 2. The summed E-state index contributed by atoms with van der Waals surface area (Å²) in [6.07, 6.45) is 0. The van der Waals surface area contributed by atoms with E-state index in [2.05, 4.69) is 0 Å². The van der Waals surface area contributed by atoms with E-state index < -0.39 is 17.4 Å². The Balaban J connectivity index is 1.81. The fraction of sp³-hybridized carbons (Fsp3) is 0.115. The topological polar surface area (TPSA) is 92.0 Å². The van der Waals surface area contributed by atoms with Crippen LogP contribution < -0.4 is 14.9 Å². The van der Waals surface area contributed by atoms with Crippen LogP contribution in [0.25, 0.3) is 22.1 Å². The van der Waals surface area contributed by atoms with Crippen LogP contribution in [0.2, 0.25) is 5.02 Å². The van der Waals surface area contributed by atoms with Crippen LogP contribution in [-0.2, 0) is 4.74 Å². The predicted octanol–water partition coefficient (Wildman–Crippen LogP) is 5.52. The van der Waals surface area contributed by atoms with E-state index in [1.165, 1.54) is 31.4 Å². The zero-order valence-corrected chi connectivity index (χ0v) is 19.0. The molecule has 0 unspecified atom stereocenters. The molecule has 1 aromatic heterocycles. The minimum Gasteiger partial charge on any atom is -0.497 e. The number of halogens is 1. The van der Waals surface area contributed by atoms with Gasteiger partial charge in [-0.15, -0.1) is 0 Å². The molecular weight excluding hydrogens is 460 g/mol. The highest BCUT2D eigenvalue weighted by molar-refractivity contribution is 6.33. The van der Waals surface area contributed by atoms with E-state index >= 15 is 0 Å². The molecule has 172 valence electrons. The minimum absolute atomic E-state index is 0.0643. The van der Waals surface area contributed by atoms with Crippen LogP contribution >= 0.6 is 11.6 Å². The number of esters is 2. The summed E-state index contributed by atoms with van der Waals surface area (Å²) in [6, 6.07) is 17.4. The highest BCUT2D eigenvalue weighted by atomic mass is 35.5. The van der Waals surface area contributed by atoms with E-state index in [0.29, 0.717) is 11.3 Å². The number of fused-ring (bicyclic) bond motifs is 1. The minimum atomic E-state index is -0.786. The standard InChI is InChI=1S/C26H19ClO7/c1-3-32-26(30)24-22(15-8-10-16(31-2)11-9-15)23(28)19-13-12-17(14-21(19)34-24)33-25(29)18-6-4-5-7-20(18)27/h4-14H,3H2,1-2H3. The van der Waals surface area contributed by atoms with Crippen molar-refractivity contribution in [1.82, 2.24) is 0 Å². The second kappa shape index (κ2) is 9.80. The van der Waals surface area contributed by atoms with Gasteiger partial charge in [-0.1, -0.05) is 35.9 Å². The molecule has 0 N–H and O–H groups in total. The Morgan fingerprint density at radius 3 is 2.32 bits per heavy atom. The summed E-state index contributed by atoms with van der Waals surface area (Å²) in [7, 11) is 1.53. The van der Waals surface area contributed by atoms with E-state index in [0.717, 1.165) is 0 Å². The quantitative estimate of drug-likeness (QED) is 0.266. The lowest BCUT2D eigenvalue weighted by Gasteiger charge is -2.11. The first-order valence-electron chi connectivity index (χ1n) is 10.3. The van der Waals surface area contributed by atoms with Gasteiger partial charge < -0.3 is 18.6 Å². The van der Waals surface area contributed by atoms with E-state index in [1.807, 2.05) is 0 Å². The van der Waals surface area contributed by atoms with Crippen LogP contribution in [0, 0.1) is 0 Å². The van der Waals surface area contributed by atoms with Crippen molar-refractivity contribution in [3.05, 3.63) is 93.3 Å². The molecule has 0 radical (unpaired) electrons. The summed E-state index contributed by atoms with van der Waals surface area (Å²) >= 11 is 6.06. The molecule has 0 fully saturated rings. The third-order valence-electron chi connectivity index (χ3n) is 5.01. The lowest BCUT2D eigenvalue weighted by atomic mass is 10.0. The zero-order chi connectivity index (χ0) is 24.2. The SMILES string of the molecule is CCOC(=O)c1oc2cc(OC(=O)c3ccccc3Cl)ccc2c(=O)c1-c1ccc(OC)cc1. The second-order valence-corrected chi connectivity index (χ2v) is 7.52. The molecule has 4 rings (SSSR count). The van der Waals surface area contributed by atoms with Gasteiger partial charge in [0.25, 0.3) is 0 Å². The summed E-state index contributed by atoms with van der Waals surface area (Å²) in [5, 5.41) is 0.449. The second-order valence-electron chi connectivity index (χ2n) is 7.11. The molecule has 0 saturated carbocycles. The summed E-state index contributed by atoms with van der Waals surface area (Å²) in [6.45, 7) is 1.74. The van der Waals surface area contributed by atoms with Crippen LogP contribution in [0.1, 0.15) is 27.8 Å². The molecule has 34 heavy (non-hydrogen) atoms. The number of rotatable bonds is 6. The third-order valence-corrected chi connectivity index (χ3v) is 5.34. The monoisotopic (exact) mass is 478 g/mol. The summed E-state index contributed by atoms with van der Waals surface area (Å²) in [5.41, 5.74) is 0.351. The molecule has 3 aromatic carbocycles. The van der Waals surface area contributed by atoms with Crippen molar-refractivity contribution in [2.75, 3.05) is 13.7 Å². The van der Waals surface area contributed by atoms with Gasteiger partial charge in [-0.3, -0.25) is 4.79 Å². The zero-order valence-electron chi connectivity index (χ0n) is 18.3. The van der Waals surface area contributed by atoms with Gasteiger partial charge in [0.15, 0.2) is 0 Å². The molecule has 0 aliphatic heterocycles. The average Bonchev–Trinajstić information content (AvgIpc) is 2.84. The lowest BCUT2D eigenvalue weighted by molar-refractivity contribution is 0.0491. The Labute approximate surface area is 199 Å². The first-order valence-corrected chi connectivity index (χ1v) is 10.7. The maximum absolute atomic E-state index is 13.4. The van der Waals surface area contributed by atoms with Crippen molar-refractivity contribution in [3.8, 4) is 22.6 Å². The lowest BCUT2D eigenvalue weighted by Crippen LogP contribution is -2.15. The summed E-state index contributed by atoms with van der Waals surface area (Å²) in [4.78, 5) is 38.6. The van der Waals surface area contributed by atoms with Gasteiger partial charge in [-0.2, -0.15) is 0 Å². The van der Waals surface area contributed by atoms with Crippen molar-refractivity contribution >= 4 is 34.5 Å². The highest BCUT2D eigenvalue weighted by Crippen LogP contribution is 2.29. The van der Waals surface area contributed by atoms with Gasteiger partial charge in [0, 0.05) is 6.07 Å². The van der Waals surface area contributed by atoms with Crippen molar-refractivity contribution in [2.45, 2.75) is 6.92 Å². The van der Waals surface area contributed by atoms with Crippen LogP contribution in [0.5, 0.6) is 11.5 Å². The van der Waals surface area contributed by atoms with Gasteiger partial charge >= 0.3 is 11.9 Å². The molecule has 7 nitrogen and oxygen atoms in total. The Kier molecular flexibility index (Phi) is 6.65. The molecule has 4 aromatic rings. The van der Waals surface area contributed by atoms with Gasteiger partial charge in [0.05, 0.1) is 35.3 Å². The van der Waals surface area contributed by atoms with Crippen LogP contribution in [0.15, 0.2) is 75.9 Å². The molecular formula is C26H19ClO7. The van der Waals surface area contributed by atoms with Crippen LogP contribution in [0.3, 0.4) is 0 Å². The molecule has 0 amide bonds. The first-order chi connectivity index (χ1) is 16.4. The predicted molar refractivity (Wildman–Crippen MR) is 127 cm³/mol. The number of hydrogen-bond acceptors (Lipinski definition) is 7. The smallest absolute Gasteiger partial charge is 0.375 e. The van der Waals surface area contributed by atoms with Gasteiger partial charge in [0.1, 0.15) is 17.1 Å². The van der Waals surface area contributed by atoms with Gasteiger partial charge in [-0.05, 0) is 48.9 Å². The van der Waals surface area contributed by atoms with Gasteiger partial charge in [0.2, 0.25) is 11.2 Å². The Hall–Kier alpha value is -4.10. The maximum Gasteiger partial charge on any atom is 0.375 e. The fourth-order valence-electron chi connectivity index (χ4n) is 3.39. The van der Waals surface area contributed by atoms with Gasteiger partial charge in [-0.25, -0.2) is 9.59 Å². The average molecular weight is 479 g/mol. The molecule has 0 bridgehead atoms. The van der Waals surface area contributed by atoms with Crippen molar-refractivity contribution in [2.24, 2.45) is 0 Å². The van der Waals surface area contributed by atoms with E-state index in [4.69, 9.17) is 30.2 Å². The fourth-order valence-corrected chi connectivity index (χ4v) is 3.60. The highest BCUT2D eigenvalue weighted by Gasteiger charge is 2.24. The molecule has 0 aliphatic carbocycles.